The summed E-state index contributed by atoms with van der Waals surface area (Å²) in [5.74, 6) is -0.167. The van der Waals surface area contributed by atoms with E-state index >= 15 is 0 Å². The Balaban J connectivity index is 1.34. The number of thioether (sulfide) groups is 1. The van der Waals surface area contributed by atoms with E-state index in [0.29, 0.717) is 48.4 Å². The van der Waals surface area contributed by atoms with Crippen molar-refractivity contribution in [2.75, 3.05) is 39.9 Å². The largest absolute Gasteiger partial charge is 0.450 e. The van der Waals surface area contributed by atoms with Gasteiger partial charge < -0.3 is 24.6 Å². The SMILES string of the molecule is CCOC(=O)N1CCC2=C(CC(C(=O)N3CC(OC)[C@@H](NC(=O)c4ccc(Cl)s4)C3)S2)C1. The third-order valence-electron chi connectivity index (χ3n) is 5.90. The van der Waals surface area contributed by atoms with Crippen molar-refractivity contribution in [2.45, 2.75) is 37.2 Å². The number of hydrogen-bond acceptors (Lipinski definition) is 7. The Kier molecular flexibility index (Phi) is 7.34. The van der Waals surface area contributed by atoms with Gasteiger partial charge in [0, 0.05) is 33.3 Å². The van der Waals surface area contributed by atoms with Crippen LogP contribution in [0.2, 0.25) is 4.34 Å². The van der Waals surface area contributed by atoms with Crippen LogP contribution >= 0.6 is 34.7 Å². The van der Waals surface area contributed by atoms with Crippen molar-refractivity contribution in [3.8, 4) is 0 Å². The molecule has 3 aliphatic heterocycles. The van der Waals surface area contributed by atoms with Gasteiger partial charge in [-0.25, -0.2) is 4.79 Å². The lowest BCUT2D eigenvalue weighted by Gasteiger charge is -2.26. The fourth-order valence-corrected chi connectivity index (χ4v) is 6.64. The normalized spacial score (nSPS) is 25.2. The Labute approximate surface area is 200 Å². The third-order valence-corrected chi connectivity index (χ3v) is 8.56. The Morgan fingerprint density at radius 1 is 1.25 bits per heavy atom. The minimum atomic E-state index is -0.299. The van der Waals surface area contributed by atoms with Crippen LogP contribution in [-0.4, -0.2) is 85.0 Å². The van der Waals surface area contributed by atoms with E-state index in [1.54, 1.807) is 47.7 Å². The quantitative estimate of drug-likeness (QED) is 0.670. The zero-order valence-electron chi connectivity index (χ0n) is 18.0. The maximum atomic E-state index is 13.3. The summed E-state index contributed by atoms with van der Waals surface area (Å²) in [4.78, 5) is 43.1. The summed E-state index contributed by atoms with van der Waals surface area (Å²) in [6.45, 7) is 4.11. The molecule has 4 heterocycles. The van der Waals surface area contributed by atoms with Gasteiger partial charge in [0.2, 0.25) is 5.91 Å². The Morgan fingerprint density at radius 3 is 2.75 bits per heavy atom. The molecule has 32 heavy (non-hydrogen) atoms. The number of methoxy groups -OCH3 is 1. The highest BCUT2D eigenvalue weighted by molar-refractivity contribution is 8.04. The predicted octanol–water partition coefficient (Wildman–Crippen LogP) is 2.98. The second-order valence-corrected chi connectivity index (χ2v) is 10.9. The number of nitrogens with zero attached hydrogens (tertiary/aromatic N) is 2. The first kappa shape index (κ1) is 23.4. The van der Waals surface area contributed by atoms with E-state index in [9.17, 15) is 14.4 Å². The molecule has 0 radical (unpaired) electrons. The minimum Gasteiger partial charge on any atom is -0.450 e. The summed E-state index contributed by atoms with van der Waals surface area (Å²) in [5.41, 5.74) is 1.15. The van der Waals surface area contributed by atoms with Gasteiger partial charge in [0.05, 0.1) is 33.2 Å². The fourth-order valence-electron chi connectivity index (χ4n) is 4.29. The first-order valence-corrected chi connectivity index (χ1v) is 12.6. The summed E-state index contributed by atoms with van der Waals surface area (Å²) in [5, 5.41) is 2.78. The molecule has 1 aromatic rings. The molecule has 0 spiro atoms. The molecule has 3 atom stereocenters. The number of likely N-dealkylation sites (tertiary alicyclic amines) is 1. The van der Waals surface area contributed by atoms with Crippen LogP contribution in [0.15, 0.2) is 22.6 Å². The number of halogens is 1. The molecule has 3 aliphatic rings. The third kappa shape index (κ3) is 4.93. The van der Waals surface area contributed by atoms with Crippen molar-refractivity contribution in [3.63, 3.8) is 0 Å². The van der Waals surface area contributed by atoms with Crippen LogP contribution in [0.25, 0.3) is 0 Å². The maximum absolute atomic E-state index is 13.3. The molecule has 1 saturated heterocycles. The van der Waals surface area contributed by atoms with E-state index in [1.165, 1.54) is 16.2 Å². The highest BCUT2D eigenvalue weighted by Crippen LogP contribution is 2.43. The van der Waals surface area contributed by atoms with Crippen LogP contribution in [-0.2, 0) is 14.3 Å². The zero-order chi connectivity index (χ0) is 22.8. The highest BCUT2D eigenvalue weighted by atomic mass is 35.5. The van der Waals surface area contributed by atoms with E-state index < -0.39 is 0 Å². The number of amides is 3. The molecule has 3 amide bonds. The molecule has 8 nitrogen and oxygen atoms in total. The highest BCUT2D eigenvalue weighted by Gasteiger charge is 2.42. The second-order valence-electron chi connectivity index (χ2n) is 7.91. The molecule has 1 fully saturated rings. The summed E-state index contributed by atoms with van der Waals surface area (Å²) in [6.07, 6.45) is 0.817. The van der Waals surface area contributed by atoms with Crippen LogP contribution in [0.5, 0.6) is 0 Å². The van der Waals surface area contributed by atoms with E-state index in [2.05, 4.69) is 5.32 Å². The number of rotatable bonds is 5. The van der Waals surface area contributed by atoms with E-state index in [-0.39, 0.29) is 35.3 Å². The van der Waals surface area contributed by atoms with Crippen molar-refractivity contribution >= 4 is 52.6 Å². The van der Waals surface area contributed by atoms with Gasteiger partial charge >= 0.3 is 6.09 Å². The van der Waals surface area contributed by atoms with E-state index in [4.69, 9.17) is 21.1 Å². The second kappa shape index (κ2) is 10.0. The smallest absolute Gasteiger partial charge is 0.410 e. The lowest BCUT2D eigenvalue weighted by Crippen LogP contribution is -2.43. The number of carbonyl (C=O) groups is 3. The van der Waals surface area contributed by atoms with Crippen molar-refractivity contribution < 1.29 is 23.9 Å². The van der Waals surface area contributed by atoms with Gasteiger partial charge in [0.1, 0.15) is 0 Å². The molecule has 0 saturated carbocycles. The van der Waals surface area contributed by atoms with E-state index in [1.807, 2.05) is 0 Å². The number of nitrogens with one attached hydrogen (secondary N) is 1. The van der Waals surface area contributed by atoms with Crippen LogP contribution in [0.4, 0.5) is 4.79 Å². The topological polar surface area (TPSA) is 88.2 Å². The molecule has 0 bridgehead atoms. The minimum absolute atomic E-state index is 0.0463. The number of hydrogen-bond donors (Lipinski definition) is 1. The van der Waals surface area contributed by atoms with E-state index in [0.717, 1.165) is 12.0 Å². The molecular weight excluding hydrogens is 474 g/mol. The Hall–Kier alpha value is -1.75. The van der Waals surface area contributed by atoms with Gasteiger partial charge in [0.25, 0.3) is 5.91 Å². The molecule has 2 unspecified atom stereocenters. The average Bonchev–Trinajstić information content (AvgIpc) is 3.50. The molecule has 1 N–H and O–H groups in total. The monoisotopic (exact) mass is 499 g/mol. The van der Waals surface area contributed by atoms with Gasteiger partial charge in [-0.2, -0.15) is 0 Å². The molecule has 4 rings (SSSR count). The molecule has 174 valence electrons. The Bertz CT molecular complexity index is 936. The standard InChI is InChI=1S/C21H26ClN3O5S2/c1-3-30-21(28)24-7-6-15-12(9-24)8-17(31-15)20(27)25-10-13(14(11-25)29-2)23-19(26)16-4-5-18(22)32-16/h4-5,13-14,17H,3,6-11H2,1-2H3,(H,23,26)/t13-,14?,17?/m0/s1. The summed E-state index contributed by atoms with van der Waals surface area (Å²) in [6, 6.07) is 3.09. The predicted molar refractivity (Wildman–Crippen MR) is 124 cm³/mol. The molecule has 0 aliphatic carbocycles. The summed E-state index contributed by atoms with van der Waals surface area (Å²) >= 11 is 8.76. The Morgan fingerprint density at radius 2 is 2.06 bits per heavy atom. The zero-order valence-corrected chi connectivity index (χ0v) is 20.4. The van der Waals surface area contributed by atoms with Gasteiger partial charge in [-0.05, 0) is 42.4 Å². The molecule has 1 aromatic heterocycles. The number of ether oxygens (including phenoxy) is 2. The van der Waals surface area contributed by atoms with Gasteiger partial charge in [0.15, 0.2) is 0 Å². The maximum Gasteiger partial charge on any atom is 0.410 e. The molecule has 11 heteroatoms. The van der Waals surface area contributed by atoms with Crippen LogP contribution in [0.1, 0.15) is 29.4 Å². The lowest BCUT2D eigenvalue weighted by molar-refractivity contribution is -0.129. The van der Waals surface area contributed by atoms with Crippen molar-refractivity contribution in [1.29, 1.82) is 0 Å². The number of carbonyl (C=O) groups excluding carboxylic acids is 3. The van der Waals surface area contributed by atoms with Crippen molar-refractivity contribution in [3.05, 3.63) is 31.8 Å². The molecular formula is C21H26ClN3O5S2. The summed E-state index contributed by atoms with van der Waals surface area (Å²) in [7, 11) is 1.59. The first-order valence-electron chi connectivity index (χ1n) is 10.6. The van der Waals surface area contributed by atoms with Gasteiger partial charge in [-0.1, -0.05) is 11.6 Å². The lowest BCUT2D eigenvalue weighted by atomic mass is 10.0. The first-order chi connectivity index (χ1) is 15.4. The van der Waals surface area contributed by atoms with Crippen LogP contribution in [0.3, 0.4) is 0 Å². The van der Waals surface area contributed by atoms with Gasteiger partial charge in [-0.15, -0.1) is 23.1 Å². The van der Waals surface area contributed by atoms with Gasteiger partial charge in [-0.3, -0.25) is 9.59 Å². The van der Waals surface area contributed by atoms with Crippen molar-refractivity contribution in [2.24, 2.45) is 0 Å². The average molecular weight is 500 g/mol. The summed E-state index contributed by atoms with van der Waals surface area (Å²) < 4.78 is 11.2. The fraction of sp³-hybridized carbons (Fsp3) is 0.571. The van der Waals surface area contributed by atoms with Crippen molar-refractivity contribution in [1.82, 2.24) is 15.1 Å². The molecule has 0 aromatic carbocycles. The van der Waals surface area contributed by atoms with Crippen LogP contribution < -0.4 is 5.32 Å². The number of thiophene rings is 1. The van der Waals surface area contributed by atoms with Crippen LogP contribution in [0, 0.1) is 0 Å².